The number of aryl methyl sites for hydroxylation is 1. The van der Waals surface area contributed by atoms with Gasteiger partial charge in [-0.1, -0.05) is 23.7 Å². The summed E-state index contributed by atoms with van der Waals surface area (Å²) < 4.78 is 10.9. The second kappa shape index (κ2) is 8.58. The second-order valence-corrected chi connectivity index (χ2v) is 6.25. The van der Waals surface area contributed by atoms with Gasteiger partial charge in [0.1, 0.15) is 13.2 Å². The van der Waals surface area contributed by atoms with Crippen molar-refractivity contribution in [1.29, 1.82) is 0 Å². The van der Waals surface area contributed by atoms with E-state index in [1.54, 1.807) is 24.3 Å². The molecule has 2 amide bonds. The predicted molar refractivity (Wildman–Crippen MR) is 98.8 cm³/mol. The third kappa shape index (κ3) is 5.13. The highest BCUT2D eigenvalue weighted by Gasteiger charge is 2.13. The summed E-state index contributed by atoms with van der Waals surface area (Å²) >= 11 is 5.91. The number of carbonyl (C=O) groups is 2. The van der Waals surface area contributed by atoms with E-state index in [2.05, 4.69) is 10.6 Å². The van der Waals surface area contributed by atoms with E-state index in [9.17, 15) is 9.59 Å². The van der Waals surface area contributed by atoms with E-state index in [-0.39, 0.29) is 24.8 Å². The van der Waals surface area contributed by atoms with Crippen molar-refractivity contribution in [2.45, 2.75) is 12.8 Å². The maximum Gasteiger partial charge on any atom is 0.243 e. The van der Waals surface area contributed by atoms with Crippen LogP contribution in [0.1, 0.15) is 12.0 Å². The van der Waals surface area contributed by atoms with Gasteiger partial charge >= 0.3 is 0 Å². The van der Waals surface area contributed by atoms with Gasteiger partial charge in [0.2, 0.25) is 11.8 Å². The summed E-state index contributed by atoms with van der Waals surface area (Å²) in [4.78, 5) is 23.9. The van der Waals surface area contributed by atoms with Crippen molar-refractivity contribution in [1.82, 2.24) is 5.32 Å². The predicted octanol–water partition coefficient (Wildman–Crippen LogP) is 2.80. The van der Waals surface area contributed by atoms with Gasteiger partial charge in [-0.2, -0.15) is 0 Å². The molecule has 2 aromatic carbocycles. The van der Waals surface area contributed by atoms with Crippen LogP contribution in [0.4, 0.5) is 5.69 Å². The van der Waals surface area contributed by atoms with E-state index in [4.69, 9.17) is 21.1 Å². The van der Waals surface area contributed by atoms with E-state index >= 15 is 0 Å². The van der Waals surface area contributed by atoms with E-state index < -0.39 is 0 Å². The summed E-state index contributed by atoms with van der Waals surface area (Å²) in [5, 5.41) is 5.97. The summed E-state index contributed by atoms with van der Waals surface area (Å²) in [5.41, 5.74) is 1.57. The average Bonchev–Trinajstić information content (AvgIpc) is 2.65. The molecule has 0 fully saturated rings. The monoisotopic (exact) mass is 374 g/mol. The number of halogens is 1. The third-order valence-corrected chi connectivity index (χ3v) is 4.04. The van der Waals surface area contributed by atoms with Crippen molar-refractivity contribution < 1.29 is 19.1 Å². The number of carbonyl (C=O) groups excluding carboxylic acids is 2. The molecule has 6 nitrogen and oxygen atoms in total. The van der Waals surface area contributed by atoms with E-state index in [1.807, 2.05) is 18.2 Å². The number of benzene rings is 2. The number of hydrogen-bond acceptors (Lipinski definition) is 4. The first kappa shape index (κ1) is 18.1. The van der Waals surface area contributed by atoms with Crippen LogP contribution in [-0.4, -0.2) is 31.6 Å². The van der Waals surface area contributed by atoms with Crippen LogP contribution in [-0.2, 0) is 16.0 Å². The molecule has 2 N–H and O–H groups in total. The summed E-state index contributed by atoms with van der Waals surface area (Å²) in [6, 6.07) is 12.5. The lowest BCUT2D eigenvalue weighted by molar-refractivity contribution is -0.124. The van der Waals surface area contributed by atoms with E-state index in [0.29, 0.717) is 41.8 Å². The normalized spacial score (nSPS) is 12.3. The highest BCUT2D eigenvalue weighted by Crippen LogP contribution is 2.32. The zero-order chi connectivity index (χ0) is 18.4. The Kier molecular flexibility index (Phi) is 5.96. The van der Waals surface area contributed by atoms with Crippen molar-refractivity contribution in [3.05, 3.63) is 53.1 Å². The molecule has 136 valence electrons. The van der Waals surface area contributed by atoms with E-state index in [1.165, 1.54) is 0 Å². The number of rotatable bonds is 6. The topological polar surface area (TPSA) is 76.7 Å². The third-order valence-electron chi connectivity index (χ3n) is 3.80. The van der Waals surface area contributed by atoms with E-state index in [0.717, 1.165) is 5.56 Å². The average molecular weight is 375 g/mol. The molecular weight excluding hydrogens is 356 g/mol. The number of nitrogens with one attached hydrogen (secondary N) is 2. The maximum absolute atomic E-state index is 12.0. The number of hydrogen-bond donors (Lipinski definition) is 2. The number of amides is 2. The zero-order valence-corrected chi connectivity index (χ0v) is 14.8. The fourth-order valence-electron chi connectivity index (χ4n) is 2.54. The molecule has 1 aliphatic rings. The minimum absolute atomic E-state index is 0.0944. The van der Waals surface area contributed by atoms with Gasteiger partial charge in [-0.25, -0.2) is 0 Å². The molecule has 0 spiro atoms. The molecule has 26 heavy (non-hydrogen) atoms. The summed E-state index contributed by atoms with van der Waals surface area (Å²) in [5.74, 6) is 0.753. The van der Waals surface area contributed by atoms with Crippen LogP contribution in [0.25, 0.3) is 0 Å². The van der Waals surface area contributed by atoms with Gasteiger partial charge in [0.05, 0.1) is 6.54 Å². The second-order valence-electron chi connectivity index (χ2n) is 5.81. The first-order valence-electron chi connectivity index (χ1n) is 8.31. The standard InChI is InChI=1S/C19H19ClN2O4/c20-14-3-1-2-13(10-14)4-7-18(23)21-12-19(24)22-15-5-6-16-17(11-15)26-9-8-25-16/h1-3,5-6,10-11H,4,7-9,12H2,(H,21,23)(H,22,24). The van der Waals surface area contributed by atoms with Crippen LogP contribution in [0, 0.1) is 0 Å². The molecule has 7 heteroatoms. The molecule has 0 radical (unpaired) electrons. The summed E-state index contributed by atoms with van der Waals surface area (Å²) in [6.45, 7) is 0.899. The molecule has 0 bridgehead atoms. The van der Waals surface area contributed by atoms with Gasteiger partial charge in [0, 0.05) is 23.2 Å². The lowest BCUT2D eigenvalue weighted by Gasteiger charge is -2.19. The first-order valence-corrected chi connectivity index (χ1v) is 8.68. The Balaban J connectivity index is 1.43. The minimum atomic E-state index is -0.308. The molecule has 0 aromatic heterocycles. The van der Waals surface area contributed by atoms with Crippen molar-refractivity contribution in [2.75, 3.05) is 25.1 Å². The zero-order valence-electron chi connectivity index (χ0n) is 14.1. The van der Waals surface area contributed by atoms with Crippen molar-refractivity contribution in [2.24, 2.45) is 0 Å². The summed E-state index contributed by atoms with van der Waals surface area (Å²) in [6.07, 6.45) is 0.855. The number of fused-ring (bicyclic) bond motifs is 1. The van der Waals surface area contributed by atoms with Crippen LogP contribution < -0.4 is 20.1 Å². The van der Waals surface area contributed by atoms with Gasteiger partial charge in [-0.15, -0.1) is 0 Å². The molecular formula is C19H19ClN2O4. The van der Waals surface area contributed by atoms with Gasteiger partial charge in [-0.3, -0.25) is 9.59 Å². The first-order chi connectivity index (χ1) is 12.6. The van der Waals surface area contributed by atoms with Crippen LogP contribution in [0.3, 0.4) is 0 Å². The Morgan fingerprint density at radius 1 is 1.00 bits per heavy atom. The van der Waals surface area contributed by atoms with Crippen LogP contribution in [0.5, 0.6) is 11.5 Å². The molecule has 1 heterocycles. The van der Waals surface area contributed by atoms with Crippen LogP contribution in [0.15, 0.2) is 42.5 Å². The Hall–Kier alpha value is -2.73. The molecule has 0 saturated carbocycles. The number of ether oxygens (including phenoxy) is 2. The largest absolute Gasteiger partial charge is 0.486 e. The molecule has 1 aliphatic heterocycles. The Morgan fingerprint density at radius 3 is 2.62 bits per heavy atom. The van der Waals surface area contributed by atoms with Gasteiger partial charge < -0.3 is 20.1 Å². The Bertz CT molecular complexity index is 810. The van der Waals surface area contributed by atoms with Crippen LogP contribution in [0.2, 0.25) is 5.02 Å². The van der Waals surface area contributed by atoms with Crippen LogP contribution >= 0.6 is 11.6 Å². The fourth-order valence-corrected chi connectivity index (χ4v) is 2.76. The lowest BCUT2D eigenvalue weighted by Crippen LogP contribution is -2.33. The maximum atomic E-state index is 12.0. The fraction of sp³-hybridized carbons (Fsp3) is 0.263. The van der Waals surface area contributed by atoms with Crippen molar-refractivity contribution >= 4 is 29.1 Å². The van der Waals surface area contributed by atoms with Gasteiger partial charge in [0.25, 0.3) is 0 Å². The van der Waals surface area contributed by atoms with Gasteiger partial charge in [0.15, 0.2) is 11.5 Å². The number of anilines is 1. The minimum Gasteiger partial charge on any atom is -0.486 e. The highest BCUT2D eigenvalue weighted by atomic mass is 35.5. The van der Waals surface area contributed by atoms with Crippen molar-refractivity contribution in [3.63, 3.8) is 0 Å². The van der Waals surface area contributed by atoms with Gasteiger partial charge in [-0.05, 0) is 36.2 Å². The lowest BCUT2D eigenvalue weighted by atomic mass is 10.1. The molecule has 0 unspecified atom stereocenters. The van der Waals surface area contributed by atoms with Crippen molar-refractivity contribution in [3.8, 4) is 11.5 Å². The molecule has 0 aliphatic carbocycles. The quantitative estimate of drug-likeness (QED) is 0.815. The molecule has 0 atom stereocenters. The smallest absolute Gasteiger partial charge is 0.243 e. The Labute approximate surface area is 156 Å². The molecule has 2 aromatic rings. The molecule has 3 rings (SSSR count). The highest BCUT2D eigenvalue weighted by molar-refractivity contribution is 6.30. The molecule has 0 saturated heterocycles. The SMILES string of the molecule is O=C(CCc1cccc(Cl)c1)NCC(=O)Nc1ccc2c(c1)OCCO2. The Morgan fingerprint density at radius 2 is 1.81 bits per heavy atom. The summed E-state index contributed by atoms with van der Waals surface area (Å²) in [7, 11) is 0.